The predicted molar refractivity (Wildman–Crippen MR) is 98.1 cm³/mol. The normalized spacial score (nSPS) is 26.6. The smallest absolute Gasteiger partial charge is 0.123 e. The van der Waals surface area contributed by atoms with Crippen molar-refractivity contribution in [2.45, 2.75) is 78.2 Å². The lowest BCUT2D eigenvalue weighted by atomic mass is 9.67. The van der Waals surface area contributed by atoms with Crippen LogP contribution < -0.4 is 4.74 Å². The van der Waals surface area contributed by atoms with Crippen molar-refractivity contribution in [1.29, 1.82) is 0 Å². The SMILES string of the molecule is CCC[C@@H](C)Cc1ccc2c(c1)OC(C)(C)[C@@H]1CC=C(C)C[C@@H]21. The Hall–Kier alpha value is -1.24. The second kappa shape index (κ2) is 6.34. The monoisotopic (exact) mass is 312 g/mol. The number of rotatable bonds is 4. The van der Waals surface area contributed by atoms with Crippen LogP contribution in [0.25, 0.3) is 0 Å². The maximum absolute atomic E-state index is 6.48. The van der Waals surface area contributed by atoms with E-state index in [1.54, 1.807) is 0 Å². The van der Waals surface area contributed by atoms with Gasteiger partial charge in [0.05, 0.1) is 0 Å². The van der Waals surface area contributed by atoms with Gasteiger partial charge in [0.15, 0.2) is 0 Å². The molecule has 1 aliphatic heterocycles. The van der Waals surface area contributed by atoms with Gasteiger partial charge in [0.2, 0.25) is 0 Å². The third-order valence-corrected chi connectivity index (χ3v) is 5.86. The highest BCUT2D eigenvalue weighted by molar-refractivity contribution is 5.44. The van der Waals surface area contributed by atoms with Crippen molar-refractivity contribution in [2.24, 2.45) is 11.8 Å². The summed E-state index contributed by atoms with van der Waals surface area (Å²) in [5, 5.41) is 0. The third kappa shape index (κ3) is 3.34. The summed E-state index contributed by atoms with van der Waals surface area (Å²) in [6.45, 7) is 11.5. The van der Waals surface area contributed by atoms with Gasteiger partial charge in [-0.25, -0.2) is 0 Å². The van der Waals surface area contributed by atoms with Crippen molar-refractivity contribution >= 4 is 0 Å². The summed E-state index contributed by atoms with van der Waals surface area (Å²) >= 11 is 0. The molecule has 1 aromatic rings. The lowest BCUT2D eigenvalue weighted by molar-refractivity contribution is 0.00847. The number of allylic oxidation sites excluding steroid dienone is 2. The highest BCUT2D eigenvalue weighted by Crippen LogP contribution is 2.51. The van der Waals surface area contributed by atoms with Crippen LogP contribution in [0.3, 0.4) is 0 Å². The quantitative estimate of drug-likeness (QED) is 0.595. The van der Waals surface area contributed by atoms with Crippen LogP contribution in [-0.2, 0) is 6.42 Å². The zero-order chi connectivity index (χ0) is 16.6. The molecule has 0 bridgehead atoms. The van der Waals surface area contributed by atoms with Gasteiger partial charge in [-0.3, -0.25) is 0 Å². The zero-order valence-electron chi connectivity index (χ0n) is 15.5. The van der Waals surface area contributed by atoms with E-state index in [0.29, 0.717) is 11.8 Å². The molecule has 0 amide bonds. The minimum absolute atomic E-state index is 0.0669. The maximum atomic E-state index is 6.48. The van der Waals surface area contributed by atoms with Gasteiger partial charge in [0.25, 0.3) is 0 Å². The van der Waals surface area contributed by atoms with Gasteiger partial charge in [-0.1, -0.05) is 50.5 Å². The second-order valence-electron chi connectivity index (χ2n) is 8.38. The molecule has 0 saturated heterocycles. The van der Waals surface area contributed by atoms with Gasteiger partial charge in [0, 0.05) is 5.92 Å². The van der Waals surface area contributed by atoms with Crippen molar-refractivity contribution in [3.63, 3.8) is 0 Å². The van der Waals surface area contributed by atoms with Crippen molar-refractivity contribution in [2.75, 3.05) is 0 Å². The fourth-order valence-electron chi connectivity index (χ4n) is 4.62. The van der Waals surface area contributed by atoms with Crippen molar-refractivity contribution in [1.82, 2.24) is 0 Å². The average molecular weight is 312 g/mol. The summed E-state index contributed by atoms with van der Waals surface area (Å²) in [5.41, 5.74) is 4.34. The van der Waals surface area contributed by atoms with Crippen molar-refractivity contribution in [3.8, 4) is 5.75 Å². The van der Waals surface area contributed by atoms with Crippen LogP contribution in [0.5, 0.6) is 5.75 Å². The first-order valence-electron chi connectivity index (χ1n) is 9.38. The van der Waals surface area contributed by atoms with E-state index < -0.39 is 0 Å². The molecule has 126 valence electrons. The lowest BCUT2D eigenvalue weighted by Crippen LogP contribution is -2.45. The Kier molecular flexibility index (Phi) is 4.58. The fourth-order valence-corrected chi connectivity index (χ4v) is 4.62. The molecule has 0 N–H and O–H groups in total. The van der Waals surface area contributed by atoms with E-state index >= 15 is 0 Å². The topological polar surface area (TPSA) is 9.23 Å². The summed E-state index contributed by atoms with van der Waals surface area (Å²) in [4.78, 5) is 0. The minimum atomic E-state index is -0.0669. The van der Waals surface area contributed by atoms with Crippen LogP contribution in [0, 0.1) is 11.8 Å². The fraction of sp³-hybridized carbons (Fsp3) is 0.636. The largest absolute Gasteiger partial charge is 0.487 e. The Balaban J connectivity index is 1.90. The van der Waals surface area contributed by atoms with E-state index in [1.165, 1.54) is 36.0 Å². The number of ether oxygens (including phenoxy) is 1. The molecule has 0 fully saturated rings. The molecule has 0 saturated carbocycles. The highest BCUT2D eigenvalue weighted by atomic mass is 16.5. The van der Waals surface area contributed by atoms with Crippen LogP contribution in [0.1, 0.15) is 77.3 Å². The Morgan fingerprint density at radius 2 is 2.09 bits per heavy atom. The van der Waals surface area contributed by atoms with Crippen molar-refractivity contribution in [3.05, 3.63) is 41.0 Å². The summed E-state index contributed by atoms with van der Waals surface area (Å²) in [5.74, 6) is 3.12. The third-order valence-electron chi connectivity index (χ3n) is 5.86. The van der Waals surface area contributed by atoms with E-state index in [-0.39, 0.29) is 5.60 Å². The Labute approximate surface area is 142 Å². The number of hydrogen-bond acceptors (Lipinski definition) is 1. The van der Waals surface area contributed by atoms with Gasteiger partial charge in [-0.2, -0.15) is 0 Å². The average Bonchev–Trinajstić information content (AvgIpc) is 2.46. The van der Waals surface area contributed by atoms with Crippen LogP contribution in [0.15, 0.2) is 29.8 Å². The van der Waals surface area contributed by atoms with Crippen LogP contribution in [-0.4, -0.2) is 5.60 Å². The minimum Gasteiger partial charge on any atom is -0.487 e. The molecule has 1 heterocycles. The molecule has 23 heavy (non-hydrogen) atoms. The lowest BCUT2D eigenvalue weighted by Gasteiger charge is -2.47. The first kappa shape index (κ1) is 16.6. The second-order valence-corrected chi connectivity index (χ2v) is 8.38. The van der Waals surface area contributed by atoms with E-state index in [2.05, 4.69) is 58.9 Å². The summed E-state index contributed by atoms with van der Waals surface area (Å²) in [7, 11) is 0. The van der Waals surface area contributed by atoms with E-state index in [4.69, 9.17) is 4.74 Å². The molecule has 3 atom stereocenters. The molecule has 0 unspecified atom stereocenters. The zero-order valence-corrected chi connectivity index (χ0v) is 15.5. The predicted octanol–water partition coefficient (Wildman–Crippen LogP) is 6.28. The first-order chi connectivity index (χ1) is 10.9. The molecule has 0 spiro atoms. The molecule has 0 radical (unpaired) electrons. The molecule has 2 aliphatic rings. The number of fused-ring (bicyclic) bond motifs is 3. The molecule has 3 rings (SSSR count). The van der Waals surface area contributed by atoms with Crippen LogP contribution in [0.4, 0.5) is 0 Å². The summed E-state index contributed by atoms with van der Waals surface area (Å²) in [6.07, 6.45) is 8.49. The van der Waals surface area contributed by atoms with E-state index in [1.807, 2.05) is 0 Å². The van der Waals surface area contributed by atoms with Gasteiger partial charge in [-0.05, 0) is 69.1 Å². The van der Waals surface area contributed by atoms with Gasteiger partial charge in [0.1, 0.15) is 11.4 Å². The summed E-state index contributed by atoms with van der Waals surface area (Å²) < 4.78 is 6.48. The van der Waals surface area contributed by atoms with E-state index in [0.717, 1.165) is 24.5 Å². The van der Waals surface area contributed by atoms with Crippen LogP contribution >= 0.6 is 0 Å². The standard InChI is InChI=1S/C22H32O/c1-6-7-15(2)12-17-9-10-18-19-13-16(3)8-11-20(19)22(4,5)23-21(18)14-17/h8-10,14-15,19-20H,6-7,11-13H2,1-5H3/t15-,19+,20-/m1/s1. The molecule has 1 aliphatic carbocycles. The molecule has 1 nitrogen and oxygen atoms in total. The van der Waals surface area contributed by atoms with Gasteiger partial charge < -0.3 is 4.74 Å². The molecule has 1 heteroatoms. The Bertz CT molecular complexity index is 596. The number of hydrogen-bond donors (Lipinski definition) is 0. The highest BCUT2D eigenvalue weighted by Gasteiger charge is 2.44. The van der Waals surface area contributed by atoms with Gasteiger partial charge in [-0.15, -0.1) is 0 Å². The molecule has 0 aromatic heterocycles. The molecular formula is C22H32O. The molecule has 1 aromatic carbocycles. The van der Waals surface area contributed by atoms with Crippen molar-refractivity contribution < 1.29 is 4.74 Å². The Morgan fingerprint density at radius 1 is 1.30 bits per heavy atom. The van der Waals surface area contributed by atoms with Gasteiger partial charge >= 0.3 is 0 Å². The molecular weight excluding hydrogens is 280 g/mol. The number of benzene rings is 1. The maximum Gasteiger partial charge on any atom is 0.123 e. The summed E-state index contributed by atoms with van der Waals surface area (Å²) in [6, 6.07) is 7.03. The first-order valence-corrected chi connectivity index (χ1v) is 9.38. The van der Waals surface area contributed by atoms with Crippen LogP contribution in [0.2, 0.25) is 0 Å². The Morgan fingerprint density at radius 3 is 2.83 bits per heavy atom. The van der Waals surface area contributed by atoms with E-state index in [9.17, 15) is 0 Å².